The molecule has 0 radical (unpaired) electrons. The number of alkyl halides is 3. The fraction of sp³-hybridized carbons (Fsp3) is 0.320. The number of amides is 1. The van der Waals surface area contributed by atoms with Gasteiger partial charge in [0.05, 0.1) is 25.3 Å². The van der Waals surface area contributed by atoms with E-state index in [9.17, 15) is 18.0 Å². The topological polar surface area (TPSA) is 43.7 Å². The van der Waals surface area contributed by atoms with Gasteiger partial charge >= 0.3 is 6.18 Å². The van der Waals surface area contributed by atoms with Crippen molar-refractivity contribution in [1.82, 2.24) is 9.47 Å². The number of ether oxygens (including phenoxy) is 2. The maximum absolute atomic E-state index is 13.0. The molecule has 1 amide bonds. The first-order valence-electron chi connectivity index (χ1n) is 10.6. The van der Waals surface area contributed by atoms with Crippen LogP contribution in [0.3, 0.4) is 0 Å². The number of aromatic nitrogens is 1. The predicted molar refractivity (Wildman–Crippen MR) is 118 cm³/mol. The van der Waals surface area contributed by atoms with Crippen molar-refractivity contribution in [2.24, 2.45) is 0 Å². The predicted octanol–water partition coefficient (Wildman–Crippen LogP) is 4.75. The summed E-state index contributed by atoms with van der Waals surface area (Å²) in [4.78, 5) is 14.4. The lowest BCUT2D eigenvalue weighted by Crippen LogP contribution is -2.36. The van der Waals surface area contributed by atoms with E-state index >= 15 is 0 Å². The average Bonchev–Trinajstić information content (AvgIpc) is 3.23. The van der Waals surface area contributed by atoms with Gasteiger partial charge in [0.1, 0.15) is 6.61 Å². The van der Waals surface area contributed by atoms with E-state index in [4.69, 9.17) is 9.47 Å². The van der Waals surface area contributed by atoms with Crippen molar-refractivity contribution in [3.63, 3.8) is 0 Å². The SMILES string of the molecule is COCCN(Cc1cccn1Cc1cccc(C(F)(F)F)c1)C(=O)COCc1ccccc1. The molecule has 33 heavy (non-hydrogen) atoms. The van der Waals surface area contributed by atoms with Crippen molar-refractivity contribution < 1.29 is 27.4 Å². The van der Waals surface area contributed by atoms with Crippen LogP contribution in [-0.2, 0) is 40.1 Å². The van der Waals surface area contributed by atoms with Crippen LogP contribution in [-0.4, -0.2) is 42.2 Å². The van der Waals surface area contributed by atoms with E-state index in [0.29, 0.717) is 31.9 Å². The normalized spacial score (nSPS) is 11.5. The summed E-state index contributed by atoms with van der Waals surface area (Å²) >= 11 is 0. The van der Waals surface area contributed by atoms with Crippen LogP contribution in [0.1, 0.15) is 22.4 Å². The van der Waals surface area contributed by atoms with Crippen LogP contribution < -0.4 is 0 Å². The Labute approximate surface area is 191 Å². The van der Waals surface area contributed by atoms with Crippen LogP contribution in [0.4, 0.5) is 13.2 Å². The molecule has 1 aromatic heterocycles. The summed E-state index contributed by atoms with van der Waals surface area (Å²) in [5, 5.41) is 0. The molecule has 0 spiro atoms. The summed E-state index contributed by atoms with van der Waals surface area (Å²) in [5.41, 5.74) is 1.63. The Morgan fingerprint density at radius 2 is 1.76 bits per heavy atom. The molecule has 0 fully saturated rings. The molecule has 1 heterocycles. The molecule has 0 saturated heterocycles. The standard InChI is InChI=1S/C25H27F3N2O3/c1-32-14-13-30(24(31)19-33-18-20-7-3-2-4-8-20)17-23-11-6-12-29(23)16-21-9-5-10-22(15-21)25(26,27)28/h2-12,15H,13-14,16-19H2,1H3. The van der Waals surface area contributed by atoms with Gasteiger partial charge < -0.3 is 18.9 Å². The Morgan fingerprint density at radius 3 is 2.48 bits per heavy atom. The molecular formula is C25H27F3N2O3. The first kappa shape index (κ1) is 24.5. The Kier molecular flexibility index (Phi) is 8.68. The largest absolute Gasteiger partial charge is 0.416 e. The molecule has 3 aromatic rings. The maximum atomic E-state index is 13.0. The van der Waals surface area contributed by atoms with Crippen LogP contribution in [0, 0.1) is 0 Å². The molecule has 2 aromatic carbocycles. The van der Waals surface area contributed by atoms with E-state index in [2.05, 4.69) is 0 Å². The first-order chi connectivity index (χ1) is 15.9. The third-order valence-corrected chi connectivity index (χ3v) is 5.14. The van der Waals surface area contributed by atoms with Gasteiger partial charge in [-0.1, -0.05) is 42.5 Å². The Hall–Kier alpha value is -3.10. The zero-order valence-electron chi connectivity index (χ0n) is 18.4. The van der Waals surface area contributed by atoms with Gasteiger partial charge in [-0.25, -0.2) is 0 Å². The van der Waals surface area contributed by atoms with Crippen LogP contribution in [0.5, 0.6) is 0 Å². The lowest BCUT2D eigenvalue weighted by atomic mass is 10.1. The quantitative estimate of drug-likeness (QED) is 0.415. The smallest absolute Gasteiger partial charge is 0.383 e. The summed E-state index contributed by atoms with van der Waals surface area (Å²) in [5.74, 6) is -0.185. The molecule has 0 aliphatic heterocycles. The number of methoxy groups -OCH3 is 1. The zero-order valence-corrected chi connectivity index (χ0v) is 18.4. The molecular weight excluding hydrogens is 433 g/mol. The van der Waals surface area contributed by atoms with Crippen LogP contribution in [0.25, 0.3) is 0 Å². The molecule has 0 saturated carbocycles. The molecule has 0 aliphatic rings. The van der Waals surface area contributed by atoms with E-state index in [1.54, 1.807) is 24.3 Å². The number of hydrogen-bond donors (Lipinski definition) is 0. The van der Waals surface area contributed by atoms with Crippen LogP contribution in [0.2, 0.25) is 0 Å². The van der Waals surface area contributed by atoms with Crippen molar-refractivity contribution in [2.75, 3.05) is 26.9 Å². The minimum Gasteiger partial charge on any atom is -0.383 e. The number of carbonyl (C=O) groups excluding carboxylic acids is 1. The second-order valence-electron chi connectivity index (χ2n) is 7.61. The van der Waals surface area contributed by atoms with Crippen molar-refractivity contribution in [1.29, 1.82) is 0 Å². The Morgan fingerprint density at radius 1 is 1.00 bits per heavy atom. The van der Waals surface area contributed by atoms with Crippen LogP contribution >= 0.6 is 0 Å². The fourth-order valence-electron chi connectivity index (χ4n) is 3.40. The lowest BCUT2D eigenvalue weighted by Gasteiger charge is -2.23. The minimum absolute atomic E-state index is 0.0764. The Bertz CT molecular complexity index is 1020. The van der Waals surface area contributed by atoms with Gasteiger partial charge in [0.2, 0.25) is 5.91 Å². The minimum atomic E-state index is -4.39. The number of hydrogen-bond acceptors (Lipinski definition) is 3. The number of rotatable bonds is 11. The molecule has 0 unspecified atom stereocenters. The molecule has 5 nitrogen and oxygen atoms in total. The molecule has 0 atom stereocenters. The van der Waals surface area contributed by atoms with Gasteiger partial charge in [-0.15, -0.1) is 0 Å². The lowest BCUT2D eigenvalue weighted by molar-refractivity contribution is -0.138. The van der Waals surface area contributed by atoms with Crippen molar-refractivity contribution in [3.05, 3.63) is 95.3 Å². The molecule has 3 rings (SSSR count). The molecule has 0 aliphatic carbocycles. The number of carbonyl (C=O) groups is 1. The third-order valence-electron chi connectivity index (χ3n) is 5.14. The summed E-state index contributed by atoms with van der Waals surface area (Å²) in [6, 6.07) is 18.5. The van der Waals surface area contributed by atoms with E-state index in [1.165, 1.54) is 6.07 Å². The molecule has 0 bridgehead atoms. The van der Waals surface area contributed by atoms with Gasteiger partial charge in [-0.3, -0.25) is 4.79 Å². The fourth-order valence-corrected chi connectivity index (χ4v) is 3.40. The van der Waals surface area contributed by atoms with Gasteiger partial charge in [0.15, 0.2) is 0 Å². The number of benzene rings is 2. The summed E-state index contributed by atoms with van der Waals surface area (Å²) in [6.45, 7) is 1.55. The zero-order chi connectivity index (χ0) is 23.7. The van der Waals surface area contributed by atoms with Crippen LogP contribution in [0.15, 0.2) is 72.9 Å². The van der Waals surface area contributed by atoms with E-state index < -0.39 is 11.7 Å². The van der Waals surface area contributed by atoms with Gasteiger partial charge in [-0.2, -0.15) is 13.2 Å². The third kappa shape index (κ3) is 7.47. The van der Waals surface area contributed by atoms with E-state index in [0.717, 1.165) is 23.4 Å². The highest BCUT2D eigenvalue weighted by molar-refractivity contribution is 5.77. The van der Waals surface area contributed by atoms with Gasteiger partial charge in [-0.05, 0) is 35.4 Å². The Balaban J connectivity index is 1.65. The van der Waals surface area contributed by atoms with E-state index in [1.807, 2.05) is 47.0 Å². The van der Waals surface area contributed by atoms with Crippen molar-refractivity contribution in [3.8, 4) is 0 Å². The maximum Gasteiger partial charge on any atom is 0.416 e. The monoisotopic (exact) mass is 460 g/mol. The highest BCUT2D eigenvalue weighted by atomic mass is 19.4. The van der Waals surface area contributed by atoms with Gasteiger partial charge in [0, 0.05) is 32.1 Å². The summed E-state index contributed by atoms with van der Waals surface area (Å²) < 4.78 is 51.7. The van der Waals surface area contributed by atoms with Crippen molar-refractivity contribution >= 4 is 5.91 Å². The number of nitrogens with zero attached hydrogens (tertiary/aromatic N) is 2. The first-order valence-corrected chi connectivity index (χ1v) is 10.6. The molecule has 176 valence electrons. The van der Waals surface area contributed by atoms with Gasteiger partial charge in [0.25, 0.3) is 0 Å². The second kappa shape index (κ2) is 11.7. The second-order valence-corrected chi connectivity index (χ2v) is 7.61. The summed E-state index contributed by atoms with van der Waals surface area (Å²) in [6.07, 6.45) is -2.60. The molecule has 8 heteroatoms. The van der Waals surface area contributed by atoms with E-state index in [-0.39, 0.29) is 19.1 Å². The number of halogens is 3. The van der Waals surface area contributed by atoms with Crippen molar-refractivity contribution in [2.45, 2.75) is 25.9 Å². The molecule has 0 N–H and O–H groups in total. The summed E-state index contributed by atoms with van der Waals surface area (Å²) in [7, 11) is 1.56. The highest BCUT2D eigenvalue weighted by Crippen LogP contribution is 2.29. The average molecular weight is 460 g/mol. The highest BCUT2D eigenvalue weighted by Gasteiger charge is 2.30.